The molecular formula is C27H42N4O5. The molecule has 3 fully saturated rings. The van der Waals surface area contributed by atoms with Crippen LogP contribution in [0.15, 0.2) is 12.2 Å². The molecule has 0 radical (unpaired) electrons. The zero-order chi connectivity index (χ0) is 25.9. The Morgan fingerprint density at radius 2 is 1.81 bits per heavy atom. The van der Waals surface area contributed by atoms with E-state index in [4.69, 9.17) is 4.74 Å². The normalized spacial score (nSPS) is 31.6. The molecule has 1 unspecified atom stereocenters. The second kappa shape index (κ2) is 10.8. The Morgan fingerprint density at radius 1 is 1.03 bits per heavy atom. The van der Waals surface area contributed by atoms with Gasteiger partial charge >= 0.3 is 6.09 Å². The lowest BCUT2D eigenvalue weighted by Crippen LogP contribution is -2.59. The highest BCUT2D eigenvalue weighted by atomic mass is 16.6. The van der Waals surface area contributed by atoms with Gasteiger partial charge in [-0.3, -0.25) is 14.4 Å². The third kappa shape index (κ3) is 6.21. The number of fused-ring (bicyclic) bond motifs is 2. The molecule has 3 N–H and O–H groups in total. The number of allylic oxidation sites excluding steroid dienone is 1. The molecule has 4 amide bonds. The van der Waals surface area contributed by atoms with Crippen LogP contribution in [0.1, 0.15) is 91.4 Å². The van der Waals surface area contributed by atoms with Crippen molar-refractivity contribution in [2.75, 3.05) is 6.54 Å². The Bertz CT molecular complexity index is 893. The van der Waals surface area contributed by atoms with Crippen molar-refractivity contribution in [2.45, 2.75) is 121 Å². The Balaban J connectivity index is 1.51. The number of hydrogen-bond donors (Lipinski definition) is 3. The molecule has 2 aliphatic heterocycles. The van der Waals surface area contributed by atoms with E-state index in [1.165, 1.54) is 0 Å². The molecule has 36 heavy (non-hydrogen) atoms. The fraction of sp³-hybridized carbons (Fsp3) is 0.778. The first-order chi connectivity index (χ1) is 17.1. The van der Waals surface area contributed by atoms with Crippen LogP contribution in [-0.2, 0) is 19.1 Å². The van der Waals surface area contributed by atoms with Crippen molar-refractivity contribution in [3.8, 4) is 0 Å². The van der Waals surface area contributed by atoms with E-state index < -0.39 is 29.3 Å². The van der Waals surface area contributed by atoms with Crippen molar-refractivity contribution in [3.63, 3.8) is 0 Å². The van der Waals surface area contributed by atoms with Gasteiger partial charge < -0.3 is 25.6 Å². The van der Waals surface area contributed by atoms with Crippen molar-refractivity contribution >= 4 is 23.8 Å². The molecule has 1 saturated heterocycles. The van der Waals surface area contributed by atoms with E-state index in [-0.39, 0.29) is 29.7 Å². The first-order valence-corrected chi connectivity index (χ1v) is 13.7. The molecule has 200 valence electrons. The molecule has 2 heterocycles. The average Bonchev–Trinajstić information content (AvgIpc) is 3.23. The second-order valence-corrected chi connectivity index (χ2v) is 11.8. The second-order valence-electron chi connectivity index (χ2n) is 11.8. The van der Waals surface area contributed by atoms with Crippen LogP contribution in [0.25, 0.3) is 0 Å². The molecule has 4 rings (SSSR count). The van der Waals surface area contributed by atoms with Crippen LogP contribution < -0.4 is 16.0 Å². The van der Waals surface area contributed by atoms with E-state index >= 15 is 0 Å². The van der Waals surface area contributed by atoms with Crippen LogP contribution in [0.4, 0.5) is 4.79 Å². The standard InChI is InChI=1S/C27H42N4O5/c1-26(2,3)36-25(35)29-20-14-8-6-4-5-7-11-18-17-27(18,24(34)28-19-12-9-13-19)30-22(32)21-15-10-16-31(21)23(20)33/h7,11,18-21H,4-6,8-10,12-17H2,1-3H3,(H,28,34)(H,29,35)(H,30,32)/t18-,20+,21?,27-/m1/s1. The number of nitrogens with one attached hydrogen (secondary N) is 3. The molecule has 0 aromatic carbocycles. The molecule has 2 aliphatic carbocycles. The van der Waals surface area contributed by atoms with Gasteiger partial charge in [0.2, 0.25) is 17.7 Å². The zero-order valence-electron chi connectivity index (χ0n) is 21.9. The summed E-state index contributed by atoms with van der Waals surface area (Å²) in [5, 5.41) is 8.94. The van der Waals surface area contributed by atoms with Crippen LogP contribution in [0.3, 0.4) is 0 Å². The molecule has 9 nitrogen and oxygen atoms in total. The van der Waals surface area contributed by atoms with Crippen LogP contribution in [0, 0.1) is 5.92 Å². The number of nitrogens with zero attached hydrogens (tertiary/aromatic N) is 1. The Labute approximate surface area is 214 Å². The summed E-state index contributed by atoms with van der Waals surface area (Å²) in [6.07, 6.45) is 12.5. The minimum absolute atomic E-state index is 0.0289. The first-order valence-electron chi connectivity index (χ1n) is 13.7. The minimum Gasteiger partial charge on any atom is -0.444 e. The number of carbonyl (C=O) groups is 4. The summed E-state index contributed by atoms with van der Waals surface area (Å²) in [6, 6.07) is -1.21. The third-order valence-corrected chi connectivity index (χ3v) is 7.77. The van der Waals surface area contributed by atoms with Gasteiger partial charge in [-0.1, -0.05) is 25.0 Å². The summed E-state index contributed by atoms with van der Waals surface area (Å²) in [4.78, 5) is 54.4. The summed E-state index contributed by atoms with van der Waals surface area (Å²) >= 11 is 0. The van der Waals surface area contributed by atoms with E-state index in [1.807, 2.05) is 0 Å². The molecule has 0 aromatic rings. The summed E-state index contributed by atoms with van der Waals surface area (Å²) in [6.45, 7) is 5.79. The maximum absolute atomic E-state index is 13.6. The maximum atomic E-state index is 13.6. The predicted octanol–water partition coefficient (Wildman–Crippen LogP) is 2.93. The number of amides is 4. The summed E-state index contributed by atoms with van der Waals surface area (Å²) in [5.74, 6) is -0.683. The smallest absolute Gasteiger partial charge is 0.408 e. The van der Waals surface area contributed by atoms with Crippen molar-refractivity contribution in [2.24, 2.45) is 5.92 Å². The van der Waals surface area contributed by atoms with Gasteiger partial charge in [0.05, 0.1) is 0 Å². The Morgan fingerprint density at radius 3 is 2.50 bits per heavy atom. The molecule has 4 atom stereocenters. The predicted molar refractivity (Wildman–Crippen MR) is 135 cm³/mol. The summed E-state index contributed by atoms with van der Waals surface area (Å²) in [7, 11) is 0. The monoisotopic (exact) mass is 502 g/mol. The SMILES string of the molecule is CC(C)(C)OC(=O)N[C@H]1CCCCCC=C[C@@H]2C[C@@]2(C(=O)NC2CCC2)NC(=O)C2CCCN2C1=O. The Hall–Kier alpha value is -2.58. The highest BCUT2D eigenvalue weighted by Crippen LogP contribution is 2.46. The molecule has 0 bridgehead atoms. The lowest BCUT2D eigenvalue weighted by molar-refractivity contribution is -0.141. The highest BCUT2D eigenvalue weighted by molar-refractivity contribution is 5.98. The maximum Gasteiger partial charge on any atom is 0.408 e. The van der Waals surface area contributed by atoms with E-state index in [9.17, 15) is 19.2 Å². The van der Waals surface area contributed by atoms with Crippen LogP contribution >= 0.6 is 0 Å². The van der Waals surface area contributed by atoms with Gasteiger partial charge in [-0.15, -0.1) is 0 Å². The lowest BCUT2D eigenvalue weighted by Gasteiger charge is -2.32. The van der Waals surface area contributed by atoms with Gasteiger partial charge in [-0.05, 0) is 78.6 Å². The van der Waals surface area contributed by atoms with Gasteiger partial charge in [0.25, 0.3) is 0 Å². The molecular weight excluding hydrogens is 460 g/mol. The van der Waals surface area contributed by atoms with Gasteiger partial charge in [-0.25, -0.2) is 4.79 Å². The number of ether oxygens (including phenoxy) is 1. The molecule has 9 heteroatoms. The summed E-state index contributed by atoms with van der Waals surface area (Å²) in [5.41, 5.74) is -1.61. The van der Waals surface area contributed by atoms with Gasteiger partial charge in [0.1, 0.15) is 23.2 Å². The van der Waals surface area contributed by atoms with Crippen LogP contribution in [0.5, 0.6) is 0 Å². The summed E-state index contributed by atoms with van der Waals surface area (Å²) < 4.78 is 5.40. The third-order valence-electron chi connectivity index (χ3n) is 7.77. The largest absolute Gasteiger partial charge is 0.444 e. The number of carbonyl (C=O) groups excluding carboxylic acids is 4. The molecule has 0 spiro atoms. The quantitative estimate of drug-likeness (QED) is 0.513. The van der Waals surface area contributed by atoms with E-state index in [0.717, 1.165) is 44.9 Å². The van der Waals surface area contributed by atoms with Crippen molar-refractivity contribution in [1.29, 1.82) is 0 Å². The Kier molecular flexibility index (Phi) is 7.95. The highest BCUT2D eigenvalue weighted by Gasteiger charge is 2.61. The zero-order valence-corrected chi connectivity index (χ0v) is 21.9. The van der Waals surface area contributed by atoms with Gasteiger partial charge in [0, 0.05) is 18.5 Å². The molecule has 2 saturated carbocycles. The van der Waals surface area contributed by atoms with E-state index in [2.05, 4.69) is 28.1 Å². The minimum atomic E-state index is -0.936. The number of alkyl carbamates (subject to hydrolysis) is 1. The first kappa shape index (κ1) is 26.5. The fourth-order valence-corrected chi connectivity index (χ4v) is 5.41. The lowest BCUT2D eigenvalue weighted by atomic mass is 9.92. The van der Waals surface area contributed by atoms with Crippen molar-refractivity contribution in [1.82, 2.24) is 20.9 Å². The molecule has 4 aliphatic rings. The van der Waals surface area contributed by atoms with Gasteiger partial charge in [0.15, 0.2) is 0 Å². The van der Waals surface area contributed by atoms with E-state index in [1.54, 1.807) is 25.7 Å². The topological polar surface area (TPSA) is 117 Å². The average molecular weight is 503 g/mol. The van der Waals surface area contributed by atoms with Gasteiger partial charge in [-0.2, -0.15) is 0 Å². The van der Waals surface area contributed by atoms with Crippen LogP contribution in [-0.4, -0.2) is 64.5 Å². The molecule has 0 aromatic heterocycles. The van der Waals surface area contributed by atoms with E-state index in [0.29, 0.717) is 32.2 Å². The number of rotatable bonds is 3. The van der Waals surface area contributed by atoms with Crippen LogP contribution in [0.2, 0.25) is 0 Å². The number of hydrogen-bond acceptors (Lipinski definition) is 5. The fourth-order valence-electron chi connectivity index (χ4n) is 5.41. The van der Waals surface area contributed by atoms with Crippen molar-refractivity contribution < 1.29 is 23.9 Å². The van der Waals surface area contributed by atoms with Crippen molar-refractivity contribution in [3.05, 3.63) is 12.2 Å².